The summed E-state index contributed by atoms with van der Waals surface area (Å²) in [6.07, 6.45) is 5.38. The number of carbonyl (C=O) groups is 2. The van der Waals surface area contributed by atoms with Gasteiger partial charge in [0.15, 0.2) is 0 Å². The summed E-state index contributed by atoms with van der Waals surface area (Å²) in [5.74, 6) is 0.333. The van der Waals surface area contributed by atoms with Crippen molar-refractivity contribution in [1.29, 1.82) is 0 Å². The van der Waals surface area contributed by atoms with Crippen molar-refractivity contribution in [2.75, 3.05) is 13.1 Å². The van der Waals surface area contributed by atoms with Gasteiger partial charge in [-0.15, -0.1) is 0 Å². The molecule has 2 fully saturated rings. The highest BCUT2D eigenvalue weighted by Gasteiger charge is 2.49. The summed E-state index contributed by atoms with van der Waals surface area (Å²) in [6.45, 7) is 1.32. The van der Waals surface area contributed by atoms with Crippen LogP contribution in [0.2, 0.25) is 0 Å². The molecule has 5 heteroatoms. The van der Waals surface area contributed by atoms with Crippen molar-refractivity contribution in [3.05, 3.63) is 66.0 Å². The summed E-state index contributed by atoms with van der Waals surface area (Å²) < 4.78 is 0. The number of pyridine rings is 1. The molecule has 1 aromatic heterocycles. The Hall–Kier alpha value is -2.69. The van der Waals surface area contributed by atoms with Crippen LogP contribution in [0.1, 0.15) is 41.1 Å². The minimum absolute atomic E-state index is 0.0397. The largest absolute Gasteiger partial charge is 0.350 e. The lowest BCUT2D eigenvalue weighted by atomic mass is 9.74. The number of piperidine rings is 1. The van der Waals surface area contributed by atoms with Crippen LogP contribution >= 0.6 is 0 Å². The fraction of sp³-hybridized carbons (Fsp3) is 0.350. The third-order valence-electron chi connectivity index (χ3n) is 5.52. The van der Waals surface area contributed by atoms with Gasteiger partial charge in [-0.1, -0.05) is 30.3 Å². The van der Waals surface area contributed by atoms with Gasteiger partial charge in [0.25, 0.3) is 5.91 Å². The van der Waals surface area contributed by atoms with Crippen molar-refractivity contribution >= 4 is 11.8 Å². The Bertz CT molecular complexity index is 768. The maximum Gasteiger partial charge on any atom is 0.253 e. The molecule has 2 aliphatic heterocycles. The van der Waals surface area contributed by atoms with E-state index < -0.39 is 0 Å². The smallest absolute Gasteiger partial charge is 0.253 e. The fourth-order valence-electron chi connectivity index (χ4n) is 4.18. The number of hydrogen-bond acceptors (Lipinski definition) is 3. The lowest BCUT2D eigenvalue weighted by molar-refractivity contribution is -0.120. The van der Waals surface area contributed by atoms with Crippen LogP contribution < -0.4 is 5.32 Å². The first-order valence-electron chi connectivity index (χ1n) is 8.73. The van der Waals surface area contributed by atoms with Gasteiger partial charge in [-0.2, -0.15) is 0 Å². The van der Waals surface area contributed by atoms with E-state index in [1.165, 1.54) is 5.56 Å². The van der Waals surface area contributed by atoms with Gasteiger partial charge in [0.1, 0.15) is 0 Å². The summed E-state index contributed by atoms with van der Waals surface area (Å²) in [5.41, 5.74) is 1.64. The van der Waals surface area contributed by atoms with Crippen molar-refractivity contribution in [3.8, 4) is 0 Å². The van der Waals surface area contributed by atoms with Gasteiger partial charge in [-0.25, -0.2) is 0 Å². The normalized spacial score (nSPS) is 22.0. The van der Waals surface area contributed by atoms with Gasteiger partial charge < -0.3 is 10.2 Å². The molecule has 128 valence electrons. The first-order valence-corrected chi connectivity index (χ1v) is 8.73. The first kappa shape index (κ1) is 15.8. The molecule has 2 saturated heterocycles. The molecular formula is C20H21N3O2. The lowest BCUT2D eigenvalue weighted by Crippen LogP contribution is -2.54. The maximum absolute atomic E-state index is 12.6. The second kappa shape index (κ2) is 6.31. The number of hydrogen-bond donors (Lipinski definition) is 1. The molecule has 25 heavy (non-hydrogen) atoms. The van der Waals surface area contributed by atoms with E-state index in [2.05, 4.69) is 22.4 Å². The molecule has 1 N–H and O–H groups in total. The van der Waals surface area contributed by atoms with E-state index in [0.29, 0.717) is 25.1 Å². The summed E-state index contributed by atoms with van der Waals surface area (Å²) in [4.78, 5) is 30.6. The highest BCUT2D eigenvalue weighted by Crippen LogP contribution is 2.43. The molecule has 0 aliphatic carbocycles. The number of benzene rings is 1. The number of nitrogens with one attached hydrogen (secondary N) is 1. The van der Waals surface area contributed by atoms with E-state index in [-0.39, 0.29) is 23.3 Å². The Morgan fingerprint density at radius 1 is 1.08 bits per heavy atom. The zero-order valence-electron chi connectivity index (χ0n) is 14.0. The van der Waals surface area contributed by atoms with Crippen LogP contribution in [-0.2, 0) is 4.79 Å². The van der Waals surface area contributed by atoms with E-state index in [1.807, 2.05) is 23.1 Å². The van der Waals surface area contributed by atoms with Crippen molar-refractivity contribution in [3.63, 3.8) is 0 Å². The van der Waals surface area contributed by atoms with Crippen molar-refractivity contribution in [2.45, 2.75) is 30.7 Å². The summed E-state index contributed by atoms with van der Waals surface area (Å²) in [7, 11) is 0. The van der Waals surface area contributed by atoms with Crippen LogP contribution in [0.25, 0.3) is 0 Å². The van der Waals surface area contributed by atoms with Gasteiger partial charge in [-0.3, -0.25) is 14.6 Å². The second-order valence-electron chi connectivity index (χ2n) is 6.90. The predicted octanol–water partition coefficient (Wildman–Crippen LogP) is 2.36. The zero-order valence-corrected chi connectivity index (χ0v) is 14.0. The molecule has 5 nitrogen and oxygen atoms in total. The highest BCUT2D eigenvalue weighted by atomic mass is 16.2. The number of carbonyl (C=O) groups excluding carboxylic acids is 2. The predicted molar refractivity (Wildman–Crippen MR) is 94.0 cm³/mol. The lowest BCUT2D eigenvalue weighted by Gasteiger charge is -2.43. The number of nitrogens with zero attached hydrogens (tertiary/aromatic N) is 2. The van der Waals surface area contributed by atoms with Crippen molar-refractivity contribution < 1.29 is 9.59 Å². The van der Waals surface area contributed by atoms with Crippen molar-refractivity contribution in [2.24, 2.45) is 0 Å². The number of likely N-dealkylation sites (tertiary alicyclic amines) is 1. The molecule has 3 heterocycles. The van der Waals surface area contributed by atoms with E-state index in [0.717, 1.165) is 12.8 Å². The molecule has 1 aromatic carbocycles. The van der Waals surface area contributed by atoms with Crippen LogP contribution in [0.3, 0.4) is 0 Å². The number of rotatable bonds is 2. The summed E-state index contributed by atoms with van der Waals surface area (Å²) in [6, 6.07) is 13.7. The van der Waals surface area contributed by atoms with E-state index in [1.54, 1.807) is 24.5 Å². The Labute approximate surface area is 147 Å². The molecule has 4 rings (SSSR count). The van der Waals surface area contributed by atoms with E-state index >= 15 is 0 Å². The third-order valence-corrected chi connectivity index (χ3v) is 5.52. The molecule has 0 bridgehead atoms. The third kappa shape index (κ3) is 2.90. The van der Waals surface area contributed by atoms with Gasteiger partial charge in [0.05, 0.1) is 5.54 Å². The summed E-state index contributed by atoms with van der Waals surface area (Å²) in [5, 5.41) is 3.23. The quantitative estimate of drug-likeness (QED) is 0.916. The second-order valence-corrected chi connectivity index (χ2v) is 6.90. The highest BCUT2D eigenvalue weighted by molar-refractivity contribution is 5.94. The van der Waals surface area contributed by atoms with Crippen LogP contribution in [-0.4, -0.2) is 40.3 Å². The van der Waals surface area contributed by atoms with Crippen LogP contribution in [0.15, 0.2) is 54.9 Å². The maximum atomic E-state index is 12.6. The molecule has 2 amide bonds. The number of amides is 2. The molecule has 1 atom stereocenters. The molecule has 2 aromatic rings. The monoisotopic (exact) mass is 335 g/mol. The first-order chi connectivity index (χ1) is 12.2. The fourth-order valence-corrected chi connectivity index (χ4v) is 4.18. The summed E-state index contributed by atoms with van der Waals surface area (Å²) >= 11 is 0. The van der Waals surface area contributed by atoms with Crippen LogP contribution in [0, 0.1) is 0 Å². The average Bonchev–Trinajstić information content (AvgIpc) is 2.99. The Morgan fingerprint density at radius 3 is 2.44 bits per heavy atom. The molecule has 0 saturated carbocycles. The molecule has 0 unspecified atom stereocenters. The SMILES string of the molecule is O=C1C[C@@H](c2ccccc2)C2(CCN(C(=O)c3ccncc3)CC2)N1. The molecular weight excluding hydrogens is 314 g/mol. The van der Waals surface area contributed by atoms with Crippen LogP contribution in [0.5, 0.6) is 0 Å². The van der Waals surface area contributed by atoms with Gasteiger partial charge in [0.2, 0.25) is 5.91 Å². The Balaban J connectivity index is 1.51. The van der Waals surface area contributed by atoms with E-state index in [4.69, 9.17) is 0 Å². The zero-order chi connectivity index (χ0) is 17.3. The molecule has 2 aliphatic rings. The Morgan fingerprint density at radius 2 is 1.76 bits per heavy atom. The minimum Gasteiger partial charge on any atom is -0.350 e. The average molecular weight is 335 g/mol. The number of aromatic nitrogens is 1. The standard InChI is InChI=1S/C20H21N3O2/c24-18-14-17(15-4-2-1-3-5-15)20(22-18)8-12-23(13-9-20)19(25)16-6-10-21-11-7-16/h1-7,10-11,17H,8-9,12-14H2,(H,22,24)/t17-/m0/s1. The van der Waals surface area contributed by atoms with Gasteiger partial charge in [-0.05, 0) is 30.5 Å². The minimum atomic E-state index is -0.229. The van der Waals surface area contributed by atoms with E-state index in [9.17, 15) is 9.59 Å². The molecule has 1 spiro atoms. The van der Waals surface area contributed by atoms with Gasteiger partial charge in [0, 0.05) is 43.4 Å². The molecule has 0 radical (unpaired) electrons. The van der Waals surface area contributed by atoms with Crippen LogP contribution in [0.4, 0.5) is 0 Å². The topological polar surface area (TPSA) is 62.3 Å². The van der Waals surface area contributed by atoms with Gasteiger partial charge >= 0.3 is 0 Å². The van der Waals surface area contributed by atoms with Crippen molar-refractivity contribution in [1.82, 2.24) is 15.2 Å². The Kier molecular flexibility index (Phi) is 3.99.